The van der Waals surface area contributed by atoms with Gasteiger partial charge in [-0.2, -0.15) is 0 Å². The van der Waals surface area contributed by atoms with Gasteiger partial charge in [0.25, 0.3) is 0 Å². The third kappa shape index (κ3) is 3.87. The van der Waals surface area contributed by atoms with Crippen LogP contribution in [0.1, 0.15) is 50.2 Å². The molecule has 1 aromatic heterocycles. The highest BCUT2D eigenvalue weighted by Crippen LogP contribution is 2.22. The fourth-order valence-electron chi connectivity index (χ4n) is 1.49. The van der Waals surface area contributed by atoms with Crippen molar-refractivity contribution in [2.75, 3.05) is 6.54 Å². The van der Waals surface area contributed by atoms with E-state index in [1.54, 1.807) is 11.3 Å². The average Bonchev–Trinajstić information content (AvgIpc) is 2.61. The van der Waals surface area contributed by atoms with E-state index in [2.05, 4.69) is 43.2 Å². The number of aromatic nitrogens is 2. The molecule has 1 atom stereocenters. The molecular formula is C11H21N3S. The van der Waals surface area contributed by atoms with E-state index in [-0.39, 0.29) is 0 Å². The molecule has 0 aromatic carbocycles. The minimum absolute atomic E-state index is 0.383. The normalized spacial score (nSPS) is 13.4. The van der Waals surface area contributed by atoms with Crippen LogP contribution in [0.2, 0.25) is 0 Å². The summed E-state index contributed by atoms with van der Waals surface area (Å²) in [6.07, 6.45) is 2.12. The van der Waals surface area contributed by atoms with Crippen molar-refractivity contribution in [3.05, 3.63) is 10.0 Å². The summed E-state index contributed by atoms with van der Waals surface area (Å²) in [6.45, 7) is 9.71. The maximum absolute atomic E-state index is 4.27. The molecule has 0 saturated carbocycles. The van der Waals surface area contributed by atoms with Gasteiger partial charge in [0.15, 0.2) is 0 Å². The molecule has 1 aromatic rings. The van der Waals surface area contributed by atoms with Gasteiger partial charge in [0.1, 0.15) is 10.0 Å². The molecule has 3 nitrogen and oxygen atoms in total. The SMILES string of the molecule is CCNC(CC)c1nnc(CC(C)C)s1. The van der Waals surface area contributed by atoms with Gasteiger partial charge in [-0.15, -0.1) is 10.2 Å². The summed E-state index contributed by atoms with van der Waals surface area (Å²) in [7, 11) is 0. The van der Waals surface area contributed by atoms with Crippen molar-refractivity contribution < 1.29 is 0 Å². The first kappa shape index (κ1) is 12.6. The third-order valence-electron chi connectivity index (χ3n) is 2.22. The maximum Gasteiger partial charge on any atom is 0.134 e. The van der Waals surface area contributed by atoms with E-state index in [9.17, 15) is 0 Å². The predicted octanol–water partition coefficient (Wildman–Crippen LogP) is 2.80. The second-order valence-electron chi connectivity index (χ2n) is 4.15. The van der Waals surface area contributed by atoms with Gasteiger partial charge in [-0.3, -0.25) is 0 Å². The maximum atomic E-state index is 4.27. The van der Waals surface area contributed by atoms with Crippen LogP contribution in [-0.2, 0) is 6.42 Å². The van der Waals surface area contributed by atoms with Crippen molar-refractivity contribution in [1.82, 2.24) is 15.5 Å². The second kappa shape index (κ2) is 6.18. The van der Waals surface area contributed by atoms with Crippen LogP contribution >= 0.6 is 11.3 Å². The van der Waals surface area contributed by atoms with E-state index in [0.29, 0.717) is 12.0 Å². The lowest BCUT2D eigenvalue weighted by atomic mass is 10.1. The quantitative estimate of drug-likeness (QED) is 0.812. The summed E-state index contributed by atoms with van der Waals surface area (Å²) in [6, 6.07) is 0.383. The molecule has 0 aliphatic carbocycles. The lowest BCUT2D eigenvalue weighted by Gasteiger charge is -2.11. The van der Waals surface area contributed by atoms with Crippen LogP contribution in [0, 0.1) is 5.92 Å². The number of hydrogen-bond acceptors (Lipinski definition) is 4. The molecule has 1 rings (SSSR count). The number of rotatable bonds is 6. The topological polar surface area (TPSA) is 37.8 Å². The Labute approximate surface area is 96.3 Å². The van der Waals surface area contributed by atoms with Gasteiger partial charge in [0.05, 0.1) is 6.04 Å². The molecule has 0 amide bonds. The molecule has 0 aliphatic rings. The highest BCUT2D eigenvalue weighted by atomic mass is 32.1. The lowest BCUT2D eigenvalue weighted by molar-refractivity contribution is 0.530. The lowest BCUT2D eigenvalue weighted by Crippen LogP contribution is -2.19. The van der Waals surface area contributed by atoms with Crippen LogP contribution in [0.5, 0.6) is 0 Å². The zero-order valence-electron chi connectivity index (χ0n) is 10.1. The van der Waals surface area contributed by atoms with Crippen LogP contribution < -0.4 is 5.32 Å². The fourth-order valence-corrected chi connectivity index (χ4v) is 2.71. The third-order valence-corrected chi connectivity index (χ3v) is 3.28. The largest absolute Gasteiger partial charge is 0.308 e. The van der Waals surface area contributed by atoms with Gasteiger partial charge in [0, 0.05) is 6.42 Å². The first-order chi connectivity index (χ1) is 7.17. The van der Waals surface area contributed by atoms with Crippen LogP contribution in [0.15, 0.2) is 0 Å². The summed E-state index contributed by atoms with van der Waals surface area (Å²) in [5.41, 5.74) is 0. The van der Waals surface area contributed by atoms with E-state index in [1.165, 1.54) is 0 Å². The monoisotopic (exact) mass is 227 g/mol. The standard InChI is InChI=1S/C11H21N3S/c1-5-9(12-6-2)11-14-13-10(15-11)7-8(3)4/h8-9,12H,5-7H2,1-4H3. The number of nitrogens with zero attached hydrogens (tertiary/aromatic N) is 2. The Kier molecular flexibility index (Phi) is 5.19. The van der Waals surface area contributed by atoms with Gasteiger partial charge in [-0.25, -0.2) is 0 Å². The summed E-state index contributed by atoms with van der Waals surface area (Å²) < 4.78 is 0. The second-order valence-corrected chi connectivity index (χ2v) is 5.24. The van der Waals surface area contributed by atoms with Gasteiger partial charge in [-0.05, 0) is 18.9 Å². The number of hydrogen-bond donors (Lipinski definition) is 1. The van der Waals surface area contributed by atoms with Crippen LogP contribution in [0.4, 0.5) is 0 Å². The minimum Gasteiger partial charge on any atom is -0.308 e. The van der Waals surface area contributed by atoms with Gasteiger partial charge in [0.2, 0.25) is 0 Å². The number of nitrogens with one attached hydrogen (secondary N) is 1. The Balaban J connectivity index is 2.64. The van der Waals surface area contributed by atoms with E-state index < -0.39 is 0 Å². The summed E-state index contributed by atoms with van der Waals surface area (Å²) in [5.74, 6) is 0.657. The van der Waals surface area contributed by atoms with Crippen LogP contribution in [-0.4, -0.2) is 16.7 Å². The molecule has 1 N–H and O–H groups in total. The van der Waals surface area contributed by atoms with E-state index in [0.717, 1.165) is 29.4 Å². The molecule has 1 unspecified atom stereocenters. The smallest absolute Gasteiger partial charge is 0.134 e. The first-order valence-corrected chi connectivity index (χ1v) is 6.54. The Bertz CT molecular complexity index is 283. The zero-order chi connectivity index (χ0) is 11.3. The summed E-state index contributed by atoms with van der Waals surface area (Å²) in [5, 5.41) is 14.2. The van der Waals surface area contributed by atoms with E-state index in [4.69, 9.17) is 0 Å². The van der Waals surface area contributed by atoms with Gasteiger partial charge < -0.3 is 5.32 Å². The van der Waals surface area contributed by atoms with Crippen molar-refractivity contribution in [1.29, 1.82) is 0 Å². The Morgan fingerprint density at radius 2 is 2.00 bits per heavy atom. The molecule has 0 bridgehead atoms. The van der Waals surface area contributed by atoms with Crippen LogP contribution in [0.3, 0.4) is 0 Å². The summed E-state index contributed by atoms with van der Waals surface area (Å²) >= 11 is 1.75. The fraction of sp³-hybridized carbons (Fsp3) is 0.818. The molecule has 0 fully saturated rings. The molecule has 0 saturated heterocycles. The van der Waals surface area contributed by atoms with Crippen molar-refractivity contribution in [3.8, 4) is 0 Å². The summed E-state index contributed by atoms with van der Waals surface area (Å²) in [4.78, 5) is 0. The minimum atomic E-state index is 0.383. The highest BCUT2D eigenvalue weighted by molar-refractivity contribution is 7.11. The van der Waals surface area contributed by atoms with Gasteiger partial charge >= 0.3 is 0 Å². The Morgan fingerprint density at radius 1 is 1.27 bits per heavy atom. The highest BCUT2D eigenvalue weighted by Gasteiger charge is 2.14. The van der Waals surface area contributed by atoms with E-state index in [1.807, 2.05) is 0 Å². The molecule has 15 heavy (non-hydrogen) atoms. The molecule has 0 aliphatic heterocycles. The van der Waals surface area contributed by atoms with Crippen molar-refractivity contribution in [3.63, 3.8) is 0 Å². The van der Waals surface area contributed by atoms with Crippen LogP contribution in [0.25, 0.3) is 0 Å². The molecule has 0 spiro atoms. The average molecular weight is 227 g/mol. The van der Waals surface area contributed by atoms with Gasteiger partial charge in [-0.1, -0.05) is 39.0 Å². The Hall–Kier alpha value is -0.480. The molecule has 86 valence electrons. The molecule has 1 heterocycles. The molecule has 0 radical (unpaired) electrons. The van der Waals surface area contributed by atoms with Crippen molar-refractivity contribution in [2.24, 2.45) is 5.92 Å². The predicted molar refractivity (Wildman–Crippen MR) is 65.2 cm³/mol. The Morgan fingerprint density at radius 3 is 2.53 bits per heavy atom. The molecule has 4 heteroatoms. The first-order valence-electron chi connectivity index (χ1n) is 5.73. The van der Waals surface area contributed by atoms with E-state index >= 15 is 0 Å². The van der Waals surface area contributed by atoms with Crippen molar-refractivity contribution in [2.45, 2.75) is 46.6 Å². The van der Waals surface area contributed by atoms with Crippen molar-refractivity contribution >= 4 is 11.3 Å². The molecular weight excluding hydrogens is 206 g/mol. The zero-order valence-corrected chi connectivity index (χ0v) is 10.9.